The molecule has 0 saturated heterocycles. The minimum Gasteiger partial charge on any atom is -0.339 e. The number of nitrogens with zero attached hydrogens (tertiary/aromatic N) is 2. The zero-order chi connectivity index (χ0) is 11.4. The van der Waals surface area contributed by atoms with Crippen molar-refractivity contribution < 1.29 is 4.79 Å². The summed E-state index contributed by atoms with van der Waals surface area (Å²) in [4.78, 5) is 12.4. The molecule has 82 valence electrons. The summed E-state index contributed by atoms with van der Waals surface area (Å²) in [6.45, 7) is 0. The molecule has 4 nitrogen and oxygen atoms in total. The molecule has 0 radical (unpaired) electrons. The molecular formula is C11H11N3OS. The third-order valence-electron chi connectivity index (χ3n) is 1.99. The Morgan fingerprint density at radius 3 is 3.06 bits per heavy atom. The maximum atomic E-state index is 11.2. The minimum atomic E-state index is -0.240. The lowest BCUT2D eigenvalue weighted by Crippen LogP contribution is -2.24. The van der Waals surface area contributed by atoms with E-state index in [0.717, 1.165) is 10.6 Å². The third-order valence-corrected chi connectivity index (χ3v) is 2.83. The molecule has 0 fully saturated rings. The fraction of sp³-hybridized carbons (Fsp3) is 0.0909. The maximum Gasteiger partial charge on any atom is 0.341 e. The molecule has 2 aromatic heterocycles. The van der Waals surface area contributed by atoms with Gasteiger partial charge in [-0.1, -0.05) is 6.07 Å². The van der Waals surface area contributed by atoms with E-state index in [4.69, 9.17) is 0 Å². The van der Waals surface area contributed by atoms with Crippen LogP contribution in [0.25, 0.3) is 12.2 Å². The van der Waals surface area contributed by atoms with Crippen LogP contribution in [-0.4, -0.2) is 22.9 Å². The SMILES string of the molecule is CNC(=O)n1ccc(C=Cc2cccs2)n1. The largest absolute Gasteiger partial charge is 0.341 e. The fourth-order valence-electron chi connectivity index (χ4n) is 1.21. The summed E-state index contributed by atoms with van der Waals surface area (Å²) in [5.41, 5.74) is 0.761. The van der Waals surface area contributed by atoms with E-state index in [2.05, 4.69) is 10.4 Å². The van der Waals surface area contributed by atoms with Gasteiger partial charge in [0.1, 0.15) is 0 Å². The van der Waals surface area contributed by atoms with Gasteiger partial charge >= 0.3 is 6.03 Å². The van der Waals surface area contributed by atoms with Gasteiger partial charge in [0.15, 0.2) is 0 Å². The molecule has 0 aromatic carbocycles. The van der Waals surface area contributed by atoms with Crippen molar-refractivity contribution in [2.75, 3.05) is 7.05 Å². The number of carbonyl (C=O) groups is 1. The second kappa shape index (κ2) is 4.76. The van der Waals surface area contributed by atoms with Crippen molar-refractivity contribution in [3.8, 4) is 0 Å². The summed E-state index contributed by atoms with van der Waals surface area (Å²) in [5, 5.41) is 8.62. The van der Waals surface area contributed by atoms with Crippen LogP contribution in [0.2, 0.25) is 0 Å². The molecule has 0 spiro atoms. The van der Waals surface area contributed by atoms with Crippen molar-refractivity contribution in [3.05, 3.63) is 40.3 Å². The van der Waals surface area contributed by atoms with Crippen molar-refractivity contribution in [2.45, 2.75) is 0 Å². The number of aromatic nitrogens is 2. The van der Waals surface area contributed by atoms with Gasteiger partial charge in [-0.05, 0) is 29.7 Å². The Morgan fingerprint density at radius 2 is 2.38 bits per heavy atom. The highest BCUT2D eigenvalue weighted by atomic mass is 32.1. The second-order valence-corrected chi connectivity index (χ2v) is 4.07. The Kier molecular flexibility index (Phi) is 3.16. The standard InChI is InChI=1S/C11H11N3OS/c1-12-11(15)14-7-6-9(13-14)4-5-10-3-2-8-16-10/h2-8H,1H3,(H,12,15). The Bertz CT molecular complexity index is 499. The monoisotopic (exact) mass is 233 g/mol. The van der Waals surface area contributed by atoms with E-state index < -0.39 is 0 Å². The van der Waals surface area contributed by atoms with Gasteiger partial charge in [0.2, 0.25) is 0 Å². The number of hydrogen-bond acceptors (Lipinski definition) is 3. The zero-order valence-electron chi connectivity index (χ0n) is 8.75. The molecule has 0 bridgehead atoms. The highest BCUT2D eigenvalue weighted by Gasteiger charge is 2.01. The van der Waals surface area contributed by atoms with Gasteiger partial charge < -0.3 is 5.32 Å². The van der Waals surface area contributed by atoms with E-state index in [-0.39, 0.29) is 6.03 Å². The first-order valence-corrected chi connectivity index (χ1v) is 5.67. The number of hydrogen-bond donors (Lipinski definition) is 1. The average Bonchev–Trinajstić information content (AvgIpc) is 2.96. The third kappa shape index (κ3) is 2.38. The topological polar surface area (TPSA) is 46.9 Å². The van der Waals surface area contributed by atoms with E-state index in [1.165, 1.54) is 4.68 Å². The zero-order valence-corrected chi connectivity index (χ0v) is 9.57. The second-order valence-electron chi connectivity index (χ2n) is 3.09. The number of carbonyl (C=O) groups excluding carboxylic acids is 1. The lowest BCUT2D eigenvalue weighted by Gasteiger charge is -1.95. The first kappa shape index (κ1) is 10.6. The van der Waals surface area contributed by atoms with Crippen LogP contribution in [0.5, 0.6) is 0 Å². The molecule has 0 saturated carbocycles. The van der Waals surface area contributed by atoms with Crippen molar-refractivity contribution in [2.24, 2.45) is 0 Å². The average molecular weight is 233 g/mol. The molecule has 2 heterocycles. The quantitative estimate of drug-likeness (QED) is 0.865. The molecule has 0 aliphatic heterocycles. The van der Waals surface area contributed by atoms with Gasteiger partial charge in [-0.25, -0.2) is 4.79 Å². The van der Waals surface area contributed by atoms with Crippen LogP contribution in [0.1, 0.15) is 10.6 Å². The van der Waals surface area contributed by atoms with E-state index in [0.29, 0.717) is 0 Å². The van der Waals surface area contributed by atoms with Gasteiger partial charge in [-0.3, -0.25) is 0 Å². The van der Waals surface area contributed by atoms with Crippen LogP contribution in [0.15, 0.2) is 29.8 Å². The van der Waals surface area contributed by atoms with Crippen LogP contribution in [0.3, 0.4) is 0 Å². The molecule has 0 aliphatic carbocycles. The number of thiophene rings is 1. The molecule has 1 N–H and O–H groups in total. The molecule has 0 atom stereocenters. The highest BCUT2D eigenvalue weighted by Crippen LogP contribution is 2.12. The van der Waals surface area contributed by atoms with Crippen molar-refractivity contribution in [1.82, 2.24) is 15.1 Å². The molecule has 1 amide bonds. The van der Waals surface area contributed by atoms with Gasteiger partial charge in [0.05, 0.1) is 5.69 Å². The summed E-state index contributed by atoms with van der Waals surface area (Å²) >= 11 is 1.66. The summed E-state index contributed by atoms with van der Waals surface area (Å²) in [5.74, 6) is 0. The Balaban J connectivity index is 2.11. The van der Waals surface area contributed by atoms with Crippen LogP contribution in [0.4, 0.5) is 4.79 Å². The van der Waals surface area contributed by atoms with E-state index in [1.54, 1.807) is 30.6 Å². The molecular weight excluding hydrogens is 222 g/mol. The van der Waals surface area contributed by atoms with Gasteiger partial charge in [0.25, 0.3) is 0 Å². The van der Waals surface area contributed by atoms with Gasteiger partial charge in [-0.2, -0.15) is 9.78 Å². The van der Waals surface area contributed by atoms with E-state index in [1.807, 2.05) is 29.7 Å². The predicted octanol–water partition coefficient (Wildman–Crippen LogP) is 2.30. The van der Waals surface area contributed by atoms with Gasteiger partial charge in [-0.15, -0.1) is 11.3 Å². The molecule has 0 aliphatic rings. The summed E-state index contributed by atoms with van der Waals surface area (Å²) in [6.07, 6.45) is 5.49. The number of amides is 1. The van der Waals surface area contributed by atoms with E-state index in [9.17, 15) is 4.79 Å². The molecule has 16 heavy (non-hydrogen) atoms. The fourth-order valence-corrected chi connectivity index (χ4v) is 1.83. The molecule has 5 heteroatoms. The Morgan fingerprint density at radius 1 is 1.50 bits per heavy atom. The maximum absolute atomic E-state index is 11.2. The first-order chi connectivity index (χ1) is 7.79. The van der Waals surface area contributed by atoms with Crippen molar-refractivity contribution in [1.29, 1.82) is 0 Å². The molecule has 0 unspecified atom stereocenters. The summed E-state index contributed by atoms with van der Waals surface area (Å²) < 4.78 is 1.27. The van der Waals surface area contributed by atoms with E-state index >= 15 is 0 Å². The Labute approximate surface area is 97.2 Å². The normalized spacial score (nSPS) is 10.8. The first-order valence-electron chi connectivity index (χ1n) is 4.79. The van der Waals surface area contributed by atoms with Crippen LogP contribution in [0, 0.1) is 0 Å². The minimum absolute atomic E-state index is 0.240. The van der Waals surface area contributed by atoms with Gasteiger partial charge in [0, 0.05) is 18.1 Å². The molecule has 2 rings (SSSR count). The summed E-state index contributed by atoms with van der Waals surface area (Å²) in [6, 6.07) is 5.57. The predicted molar refractivity (Wildman–Crippen MR) is 65.3 cm³/mol. The van der Waals surface area contributed by atoms with Crippen LogP contribution in [-0.2, 0) is 0 Å². The van der Waals surface area contributed by atoms with Crippen LogP contribution >= 0.6 is 11.3 Å². The van der Waals surface area contributed by atoms with Crippen molar-refractivity contribution >= 4 is 29.5 Å². The number of nitrogens with one attached hydrogen (secondary N) is 1. The van der Waals surface area contributed by atoms with Crippen LogP contribution < -0.4 is 5.32 Å². The number of rotatable bonds is 2. The van der Waals surface area contributed by atoms with Crippen molar-refractivity contribution in [3.63, 3.8) is 0 Å². The Hall–Kier alpha value is -1.88. The lowest BCUT2D eigenvalue weighted by atomic mass is 10.3. The summed E-state index contributed by atoms with van der Waals surface area (Å²) in [7, 11) is 1.57. The lowest BCUT2D eigenvalue weighted by molar-refractivity contribution is 0.241. The highest BCUT2D eigenvalue weighted by molar-refractivity contribution is 7.10. The smallest absolute Gasteiger partial charge is 0.339 e. The molecule has 2 aromatic rings.